The van der Waals surface area contributed by atoms with Crippen molar-refractivity contribution in [2.75, 3.05) is 46.4 Å². The summed E-state index contributed by atoms with van der Waals surface area (Å²) in [5.41, 5.74) is -0.797. The molecule has 0 radical (unpaired) electrons. The summed E-state index contributed by atoms with van der Waals surface area (Å²) in [4.78, 5) is 16.5. The van der Waals surface area contributed by atoms with Gasteiger partial charge in [0, 0.05) is 19.2 Å². The van der Waals surface area contributed by atoms with Crippen molar-refractivity contribution in [1.29, 1.82) is 0 Å². The number of carbonyl (C=O) groups excluding carboxylic acids is 1. The highest BCUT2D eigenvalue weighted by atomic mass is 16.5. The van der Waals surface area contributed by atoms with Crippen molar-refractivity contribution in [2.45, 2.75) is 31.3 Å². The Kier molecular flexibility index (Phi) is 5.81. The van der Waals surface area contributed by atoms with E-state index in [1.54, 1.807) is 24.1 Å². The number of hydrogen-bond acceptors (Lipinski definition) is 5. The summed E-state index contributed by atoms with van der Waals surface area (Å²) in [5, 5.41) is 10.9. The van der Waals surface area contributed by atoms with Gasteiger partial charge in [-0.2, -0.15) is 0 Å². The Morgan fingerprint density at radius 2 is 1.96 bits per heavy atom. The molecule has 0 saturated carbocycles. The van der Waals surface area contributed by atoms with Gasteiger partial charge in [-0.15, -0.1) is 0 Å². The van der Waals surface area contributed by atoms with Crippen molar-refractivity contribution in [3.05, 3.63) is 24.3 Å². The number of methoxy groups -OCH3 is 1. The normalized spacial score (nSPS) is 24.3. The van der Waals surface area contributed by atoms with Gasteiger partial charge in [-0.3, -0.25) is 4.79 Å². The van der Waals surface area contributed by atoms with E-state index in [4.69, 9.17) is 9.47 Å². The quantitative estimate of drug-likeness (QED) is 0.845. The molecule has 1 amide bonds. The van der Waals surface area contributed by atoms with Gasteiger partial charge in [0.2, 0.25) is 0 Å². The van der Waals surface area contributed by atoms with Crippen LogP contribution in [0.1, 0.15) is 25.7 Å². The molecular weight excluding hydrogens is 320 g/mol. The number of benzene rings is 1. The highest BCUT2D eigenvalue weighted by Gasteiger charge is 2.37. The first-order chi connectivity index (χ1) is 12.1. The third kappa shape index (κ3) is 4.86. The standard InChI is InChI=1S/C19H28N2O4/c1-24-16-6-4-7-17(12-16)25-13-18(22)21-11-5-8-19(23,15-21)14-20-9-2-3-10-20/h4,6-7,12,23H,2-3,5,8-11,13-15H2,1H3. The molecule has 0 aliphatic carbocycles. The lowest BCUT2D eigenvalue weighted by Gasteiger charge is -2.41. The van der Waals surface area contributed by atoms with Crippen molar-refractivity contribution < 1.29 is 19.4 Å². The van der Waals surface area contributed by atoms with E-state index in [-0.39, 0.29) is 12.5 Å². The molecule has 2 aliphatic heterocycles. The summed E-state index contributed by atoms with van der Waals surface area (Å²) in [7, 11) is 1.60. The van der Waals surface area contributed by atoms with Crippen LogP contribution in [0.5, 0.6) is 11.5 Å². The molecule has 1 N–H and O–H groups in total. The largest absolute Gasteiger partial charge is 0.497 e. The van der Waals surface area contributed by atoms with E-state index in [1.807, 2.05) is 12.1 Å². The Bertz CT molecular complexity index is 589. The first-order valence-electron chi connectivity index (χ1n) is 9.07. The number of piperidine rings is 1. The van der Waals surface area contributed by atoms with Crippen LogP contribution in [-0.4, -0.2) is 72.9 Å². The smallest absolute Gasteiger partial charge is 0.260 e. The lowest BCUT2D eigenvalue weighted by molar-refractivity contribution is -0.141. The van der Waals surface area contributed by atoms with Crippen LogP contribution in [0.2, 0.25) is 0 Å². The minimum atomic E-state index is -0.797. The van der Waals surface area contributed by atoms with E-state index in [0.29, 0.717) is 31.1 Å². The lowest BCUT2D eigenvalue weighted by atomic mass is 9.92. The van der Waals surface area contributed by atoms with Gasteiger partial charge < -0.3 is 24.4 Å². The van der Waals surface area contributed by atoms with Crippen LogP contribution < -0.4 is 9.47 Å². The predicted molar refractivity (Wildman–Crippen MR) is 94.9 cm³/mol. The maximum Gasteiger partial charge on any atom is 0.260 e. The van der Waals surface area contributed by atoms with E-state index in [1.165, 1.54) is 12.8 Å². The zero-order valence-corrected chi connectivity index (χ0v) is 14.9. The van der Waals surface area contributed by atoms with Gasteiger partial charge in [0.1, 0.15) is 11.5 Å². The SMILES string of the molecule is COc1cccc(OCC(=O)N2CCCC(O)(CN3CCCC3)C2)c1. The fourth-order valence-electron chi connectivity index (χ4n) is 3.74. The van der Waals surface area contributed by atoms with Crippen LogP contribution in [-0.2, 0) is 4.79 Å². The van der Waals surface area contributed by atoms with Gasteiger partial charge in [-0.25, -0.2) is 0 Å². The molecule has 0 aromatic heterocycles. The molecule has 0 bridgehead atoms. The second kappa shape index (κ2) is 8.06. The number of nitrogens with zero attached hydrogens (tertiary/aromatic N) is 2. The lowest BCUT2D eigenvalue weighted by Crippen LogP contribution is -2.56. The zero-order valence-electron chi connectivity index (χ0n) is 14.9. The number of aliphatic hydroxyl groups is 1. The second-order valence-electron chi connectivity index (χ2n) is 7.09. The molecule has 1 aromatic rings. The van der Waals surface area contributed by atoms with Gasteiger partial charge in [-0.1, -0.05) is 6.07 Å². The van der Waals surface area contributed by atoms with E-state index < -0.39 is 5.60 Å². The summed E-state index contributed by atoms with van der Waals surface area (Å²) in [6.07, 6.45) is 3.99. The third-order valence-electron chi connectivity index (χ3n) is 5.03. The minimum absolute atomic E-state index is 0.0209. The molecule has 2 heterocycles. The number of β-amino-alcohol motifs (C(OH)–C–C–N with tert-alkyl or cyclic N) is 1. The first kappa shape index (κ1) is 18.0. The van der Waals surface area contributed by atoms with Crippen molar-refractivity contribution in [3.8, 4) is 11.5 Å². The minimum Gasteiger partial charge on any atom is -0.497 e. The average molecular weight is 348 g/mol. The molecule has 25 heavy (non-hydrogen) atoms. The number of likely N-dealkylation sites (tertiary alicyclic amines) is 2. The molecule has 1 atom stereocenters. The van der Waals surface area contributed by atoms with Crippen molar-refractivity contribution in [1.82, 2.24) is 9.80 Å². The molecule has 2 aliphatic rings. The van der Waals surface area contributed by atoms with E-state index in [9.17, 15) is 9.90 Å². The van der Waals surface area contributed by atoms with Gasteiger partial charge >= 0.3 is 0 Å². The molecule has 2 fully saturated rings. The molecular formula is C19H28N2O4. The van der Waals surface area contributed by atoms with E-state index in [0.717, 1.165) is 25.9 Å². The van der Waals surface area contributed by atoms with E-state index >= 15 is 0 Å². The van der Waals surface area contributed by atoms with Crippen LogP contribution in [0.15, 0.2) is 24.3 Å². The van der Waals surface area contributed by atoms with Crippen LogP contribution >= 0.6 is 0 Å². The fourth-order valence-corrected chi connectivity index (χ4v) is 3.74. The topological polar surface area (TPSA) is 62.2 Å². The Balaban J connectivity index is 1.52. The number of ether oxygens (including phenoxy) is 2. The summed E-state index contributed by atoms with van der Waals surface area (Å²) in [6.45, 7) is 3.82. The van der Waals surface area contributed by atoms with Crippen LogP contribution in [0.25, 0.3) is 0 Å². The second-order valence-corrected chi connectivity index (χ2v) is 7.09. The van der Waals surface area contributed by atoms with Crippen LogP contribution in [0.3, 0.4) is 0 Å². The first-order valence-corrected chi connectivity index (χ1v) is 9.07. The monoisotopic (exact) mass is 348 g/mol. The molecule has 1 unspecified atom stereocenters. The average Bonchev–Trinajstić information content (AvgIpc) is 3.12. The zero-order chi connectivity index (χ0) is 17.7. The highest BCUT2D eigenvalue weighted by Crippen LogP contribution is 2.24. The van der Waals surface area contributed by atoms with Crippen molar-refractivity contribution in [3.63, 3.8) is 0 Å². The molecule has 1 aromatic carbocycles. The van der Waals surface area contributed by atoms with Crippen LogP contribution in [0.4, 0.5) is 0 Å². The Labute approximate surface area is 149 Å². The summed E-state index contributed by atoms with van der Waals surface area (Å²) < 4.78 is 10.8. The Hall–Kier alpha value is -1.79. The molecule has 138 valence electrons. The third-order valence-corrected chi connectivity index (χ3v) is 5.03. The van der Waals surface area contributed by atoms with Gasteiger partial charge in [0.15, 0.2) is 6.61 Å². The Morgan fingerprint density at radius 3 is 2.72 bits per heavy atom. The molecule has 3 rings (SSSR count). The molecule has 6 heteroatoms. The molecule has 6 nitrogen and oxygen atoms in total. The molecule has 2 saturated heterocycles. The maximum absolute atomic E-state index is 12.5. The predicted octanol–water partition coefficient (Wildman–Crippen LogP) is 1.52. The fraction of sp³-hybridized carbons (Fsp3) is 0.632. The Morgan fingerprint density at radius 1 is 1.20 bits per heavy atom. The number of carbonyl (C=O) groups is 1. The van der Waals surface area contributed by atoms with Crippen LogP contribution in [0, 0.1) is 0 Å². The summed E-state index contributed by atoms with van der Waals surface area (Å²) in [5.74, 6) is 1.22. The number of rotatable bonds is 6. The number of amides is 1. The molecule has 0 spiro atoms. The van der Waals surface area contributed by atoms with Gasteiger partial charge in [0.05, 0.1) is 19.3 Å². The maximum atomic E-state index is 12.5. The van der Waals surface area contributed by atoms with Gasteiger partial charge in [-0.05, 0) is 50.9 Å². The van der Waals surface area contributed by atoms with Crippen molar-refractivity contribution in [2.24, 2.45) is 0 Å². The van der Waals surface area contributed by atoms with E-state index in [2.05, 4.69) is 4.90 Å². The summed E-state index contributed by atoms with van der Waals surface area (Å²) in [6, 6.07) is 7.22. The van der Waals surface area contributed by atoms with Crippen molar-refractivity contribution >= 4 is 5.91 Å². The summed E-state index contributed by atoms with van der Waals surface area (Å²) >= 11 is 0. The number of hydrogen-bond donors (Lipinski definition) is 1. The van der Waals surface area contributed by atoms with Gasteiger partial charge in [0.25, 0.3) is 5.91 Å². The highest BCUT2D eigenvalue weighted by molar-refractivity contribution is 5.78.